The number of piperidine rings is 2. The van der Waals surface area contributed by atoms with Gasteiger partial charge < -0.3 is 14.9 Å². The molecule has 6 fully saturated rings. The van der Waals surface area contributed by atoms with Crippen LogP contribution in [0, 0.1) is 23.7 Å². The summed E-state index contributed by atoms with van der Waals surface area (Å²) in [6.45, 7) is 5.06. The quantitative estimate of drug-likeness (QED) is 0.486. The van der Waals surface area contributed by atoms with Crippen LogP contribution >= 0.6 is 0 Å². The van der Waals surface area contributed by atoms with E-state index >= 15 is 4.79 Å². The third-order valence-electron chi connectivity index (χ3n) is 15.6. The summed E-state index contributed by atoms with van der Waals surface area (Å²) in [5, 5.41) is 10.2. The Kier molecular flexibility index (Phi) is 5.20. The Bertz CT molecular complexity index is 2030. The van der Waals surface area contributed by atoms with E-state index in [0.717, 1.165) is 56.7 Å². The lowest BCUT2D eigenvalue weighted by Gasteiger charge is -2.57. The summed E-state index contributed by atoms with van der Waals surface area (Å²) in [6.07, 6.45) is 15.0. The molecule has 4 bridgehead atoms. The normalized spacial score (nSPS) is 44.8. The molecule has 8 heterocycles. The van der Waals surface area contributed by atoms with E-state index in [1.54, 1.807) is 0 Å². The van der Waals surface area contributed by atoms with Crippen molar-refractivity contribution in [3.8, 4) is 0 Å². The lowest BCUT2D eigenvalue weighted by Crippen LogP contribution is -2.66. The van der Waals surface area contributed by atoms with Crippen LogP contribution in [-0.4, -0.2) is 83.2 Å². The highest BCUT2D eigenvalue weighted by Crippen LogP contribution is 2.68. The molecular weight excluding hydrogens is 608 g/mol. The first-order chi connectivity index (χ1) is 24.0. The monoisotopic (exact) mass is 650 g/mol. The summed E-state index contributed by atoms with van der Waals surface area (Å²) in [5.74, 6) is 1.02. The molecule has 2 aliphatic carbocycles. The van der Waals surface area contributed by atoms with E-state index in [4.69, 9.17) is 0 Å². The predicted molar refractivity (Wildman–Crippen MR) is 187 cm³/mol. The van der Waals surface area contributed by atoms with Crippen LogP contribution in [0.3, 0.4) is 0 Å². The molecule has 2 saturated carbocycles. The van der Waals surface area contributed by atoms with E-state index in [1.165, 1.54) is 27.8 Å². The van der Waals surface area contributed by atoms with Crippen molar-refractivity contribution in [2.45, 2.75) is 73.6 Å². The first-order valence-corrected chi connectivity index (χ1v) is 18.7. The third-order valence-corrected chi connectivity index (χ3v) is 15.6. The Morgan fingerprint density at radius 1 is 0.918 bits per heavy atom. The number of para-hydroxylation sites is 2. The van der Waals surface area contributed by atoms with Crippen molar-refractivity contribution in [3.63, 3.8) is 0 Å². The van der Waals surface area contributed by atoms with Crippen molar-refractivity contribution in [1.29, 1.82) is 0 Å². The topological polar surface area (TPSA) is 67.3 Å². The number of carbonyl (C=O) groups excluding carboxylic acids is 2. The van der Waals surface area contributed by atoms with E-state index in [9.17, 15) is 9.90 Å². The molecule has 0 radical (unpaired) electrons. The van der Waals surface area contributed by atoms with Crippen LogP contribution in [0.5, 0.6) is 0 Å². The molecule has 10 aliphatic rings. The molecule has 2 aromatic carbocycles. The lowest BCUT2D eigenvalue weighted by molar-refractivity contribution is -0.124. The number of aliphatic hydroxyl groups is 1. The summed E-state index contributed by atoms with van der Waals surface area (Å²) in [4.78, 5) is 39.1. The lowest BCUT2D eigenvalue weighted by atomic mass is 9.54. The van der Waals surface area contributed by atoms with E-state index in [2.05, 4.69) is 99.4 Å². The minimum absolute atomic E-state index is 0.0324. The molecule has 1 N–H and O–H groups in total. The molecule has 1 unspecified atom stereocenters. The molecule has 11 atom stereocenters. The van der Waals surface area contributed by atoms with Crippen molar-refractivity contribution in [2.24, 2.45) is 23.7 Å². The van der Waals surface area contributed by atoms with Gasteiger partial charge in [0.1, 0.15) is 0 Å². The predicted octanol–water partition coefficient (Wildman–Crippen LogP) is 4.48. The molecule has 2 spiro atoms. The standard InChI is InChI=1S/C42H42N4O3/c1-2-23-22-44-34(20-42-31-8-4-5-9-32(31)45-37(48)12-11-25(38(42)45)26(23)19-36(42)44)29-17-28-27-18-35-41(14-15-43(35)21-24(27)13-16-47)30-7-3-6-10-33(30)46(39(28)41)40(29)49/h2-13,17,25-27,29,34-36,38-39,47H,14-16,18-22H2,1H3/b23-2-,24-13-/t25-,26-,27-,29-,34+,35-,36-,38-,39?,41+,42+/m0/s1. The van der Waals surface area contributed by atoms with Gasteiger partial charge in [-0.1, -0.05) is 71.8 Å². The number of nitrogens with zero attached hydrogens (tertiary/aromatic N) is 4. The highest BCUT2D eigenvalue weighted by molar-refractivity contribution is 6.06. The number of aliphatic hydroxyl groups excluding tert-OH is 1. The molecule has 7 nitrogen and oxygen atoms in total. The zero-order valence-electron chi connectivity index (χ0n) is 27.9. The Balaban J connectivity index is 1.07. The van der Waals surface area contributed by atoms with Gasteiger partial charge in [0.15, 0.2) is 0 Å². The van der Waals surface area contributed by atoms with Crippen molar-refractivity contribution in [2.75, 3.05) is 36.0 Å². The van der Waals surface area contributed by atoms with Crippen LogP contribution in [-0.2, 0) is 20.4 Å². The molecule has 7 heteroatoms. The van der Waals surface area contributed by atoms with Crippen LogP contribution in [0.4, 0.5) is 11.4 Å². The van der Waals surface area contributed by atoms with Gasteiger partial charge in [-0.25, -0.2) is 0 Å². The van der Waals surface area contributed by atoms with Gasteiger partial charge in [-0.15, -0.1) is 0 Å². The number of benzene rings is 2. The van der Waals surface area contributed by atoms with Crippen LogP contribution in [0.15, 0.2) is 95.6 Å². The Labute approximate surface area is 287 Å². The summed E-state index contributed by atoms with van der Waals surface area (Å²) in [6, 6.07) is 18.3. The fourth-order valence-corrected chi connectivity index (χ4v) is 14.1. The van der Waals surface area contributed by atoms with Gasteiger partial charge >= 0.3 is 0 Å². The van der Waals surface area contributed by atoms with E-state index in [0.29, 0.717) is 12.0 Å². The average Bonchev–Trinajstić information content (AvgIpc) is 3.86. The van der Waals surface area contributed by atoms with Gasteiger partial charge in [0.25, 0.3) is 5.91 Å². The summed E-state index contributed by atoms with van der Waals surface area (Å²) < 4.78 is 0. The largest absolute Gasteiger partial charge is 0.392 e. The smallest absolute Gasteiger partial charge is 0.250 e. The number of fused-ring (bicyclic) bond motifs is 8. The van der Waals surface area contributed by atoms with Crippen molar-refractivity contribution in [3.05, 3.63) is 107 Å². The number of amides is 2. The zero-order valence-corrected chi connectivity index (χ0v) is 27.9. The molecule has 248 valence electrons. The number of hydrogen-bond donors (Lipinski definition) is 1. The van der Waals surface area contributed by atoms with Gasteiger partial charge in [-0.05, 0) is 80.0 Å². The number of carbonyl (C=O) groups is 2. The summed E-state index contributed by atoms with van der Waals surface area (Å²) in [7, 11) is 0. The Morgan fingerprint density at radius 3 is 2.49 bits per heavy atom. The van der Waals surface area contributed by atoms with Crippen LogP contribution in [0.25, 0.3) is 0 Å². The number of anilines is 2. The minimum atomic E-state index is -0.273. The second-order valence-corrected chi connectivity index (χ2v) is 16.7. The molecule has 2 amide bonds. The van der Waals surface area contributed by atoms with E-state index in [1.807, 2.05) is 6.08 Å². The maximum Gasteiger partial charge on any atom is 0.250 e. The molecular formula is C42H42N4O3. The van der Waals surface area contributed by atoms with Crippen molar-refractivity contribution < 1.29 is 14.7 Å². The van der Waals surface area contributed by atoms with Crippen LogP contribution < -0.4 is 9.80 Å². The van der Waals surface area contributed by atoms with Crippen molar-refractivity contribution >= 4 is 23.2 Å². The fraction of sp³-hybridized carbons (Fsp3) is 0.476. The average molecular weight is 651 g/mol. The highest BCUT2D eigenvalue weighted by Gasteiger charge is 2.73. The maximum atomic E-state index is 15.5. The van der Waals surface area contributed by atoms with Gasteiger partial charge in [-0.3, -0.25) is 19.4 Å². The van der Waals surface area contributed by atoms with Gasteiger partial charge in [0, 0.05) is 65.3 Å². The molecule has 8 aliphatic heterocycles. The second-order valence-electron chi connectivity index (χ2n) is 16.7. The van der Waals surface area contributed by atoms with E-state index < -0.39 is 0 Å². The fourth-order valence-electron chi connectivity index (χ4n) is 14.1. The maximum absolute atomic E-state index is 15.5. The first kappa shape index (κ1) is 28.0. The van der Waals surface area contributed by atoms with Crippen LogP contribution in [0.2, 0.25) is 0 Å². The molecule has 2 aromatic rings. The summed E-state index contributed by atoms with van der Waals surface area (Å²) >= 11 is 0. The molecule has 0 aromatic heterocycles. The highest BCUT2D eigenvalue weighted by atomic mass is 16.2. The second kappa shape index (κ2) is 9.11. The zero-order chi connectivity index (χ0) is 32.6. The SMILES string of the molecule is C/C=C1/CN2[C@@H]([C@@H]3C=C4C5N(C3=O)c3ccccc3[C@@]53CCN5C/C(=C/CO)[C@@H]4C[C@H]53)C[C@]34c5ccccc5N5C(=O)C=C[C@H]([C@H]53)[C@H]1C[C@H]24. The van der Waals surface area contributed by atoms with Gasteiger partial charge in [-0.2, -0.15) is 0 Å². The number of allylic oxidation sites excluding steroid dienone is 1. The van der Waals surface area contributed by atoms with Gasteiger partial charge in [0.05, 0.1) is 24.6 Å². The van der Waals surface area contributed by atoms with Crippen LogP contribution in [0.1, 0.15) is 43.7 Å². The van der Waals surface area contributed by atoms with E-state index in [-0.39, 0.29) is 71.2 Å². The molecule has 12 rings (SSSR count). The van der Waals surface area contributed by atoms with Crippen molar-refractivity contribution in [1.82, 2.24) is 9.80 Å². The Hall–Kier alpha value is -3.78. The minimum Gasteiger partial charge on any atom is -0.392 e. The number of hydrogen-bond acceptors (Lipinski definition) is 5. The molecule has 4 saturated heterocycles. The number of rotatable bonds is 2. The molecule has 49 heavy (non-hydrogen) atoms. The Morgan fingerprint density at radius 2 is 1.69 bits per heavy atom. The first-order valence-electron chi connectivity index (χ1n) is 18.7. The third kappa shape index (κ3) is 2.96. The van der Waals surface area contributed by atoms with Gasteiger partial charge in [0.2, 0.25) is 5.91 Å². The summed E-state index contributed by atoms with van der Waals surface area (Å²) in [5.41, 5.74) is 8.81.